The normalized spacial score (nSPS) is 9.41. The van der Waals surface area contributed by atoms with E-state index in [0.717, 1.165) is 5.56 Å². The Labute approximate surface area is 99.6 Å². The van der Waals surface area contributed by atoms with Gasteiger partial charge in [-0.2, -0.15) is 5.26 Å². The summed E-state index contributed by atoms with van der Waals surface area (Å²) in [5.74, 6) is -0.589. The predicted octanol–water partition coefficient (Wildman–Crippen LogP) is 1.34. The summed E-state index contributed by atoms with van der Waals surface area (Å²) in [6.45, 7) is 5.47. The third-order valence-corrected chi connectivity index (χ3v) is 2.23. The van der Waals surface area contributed by atoms with Gasteiger partial charge in [0.05, 0.1) is 5.56 Å². The van der Waals surface area contributed by atoms with Gasteiger partial charge in [-0.15, -0.1) is 6.58 Å². The molecule has 0 atom stereocenters. The number of aliphatic carboxylic acids is 1. The lowest BCUT2D eigenvalue weighted by atomic mass is 10.1. The Morgan fingerprint density at radius 2 is 2.47 bits per heavy atom. The van der Waals surface area contributed by atoms with Crippen LogP contribution in [0.5, 0.6) is 0 Å². The summed E-state index contributed by atoms with van der Waals surface area (Å²) in [6, 6.07) is 3.76. The molecule has 1 heterocycles. The monoisotopic (exact) mass is 231 g/mol. The molecule has 17 heavy (non-hydrogen) atoms. The van der Waals surface area contributed by atoms with E-state index in [1.54, 1.807) is 25.3 Å². The molecule has 0 amide bonds. The summed E-state index contributed by atoms with van der Waals surface area (Å²) in [6.07, 6.45) is 3.14. The number of aromatic nitrogens is 1. The highest BCUT2D eigenvalue weighted by Crippen LogP contribution is 2.19. The van der Waals surface area contributed by atoms with E-state index in [4.69, 9.17) is 10.4 Å². The topological polar surface area (TPSA) is 77.2 Å². The third kappa shape index (κ3) is 3.05. The number of nitrogens with zero attached hydrogens (tertiary/aromatic N) is 3. The zero-order chi connectivity index (χ0) is 12.8. The lowest BCUT2D eigenvalue weighted by molar-refractivity contribution is -0.135. The van der Waals surface area contributed by atoms with Crippen molar-refractivity contribution in [3.63, 3.8) is 0 Å². The first-order valence-corrected chi connectivity index (χ1v) is 5.03. The molecule has 0 saturated carbocycles. The van der Waals surface area contributed by atoms with Crippen molar-refractivity contribution in [1.82, 2.24) is 4.98 Å². The lowest BCUT2D eigenvalue weighted by Gasteiger charge is -2.21. The molecule has 0 aromatic carbocycles. The standard InChI is InChI=1S/C12H13N3O2/c1-3-6-15(8-11(16)17)12-10(7-13)9(2)4-5-14-12/h3-5H,1,6,8H2,2H3,(H,16,17). The van der Waals surface area contributed by atoms with Gasteiger partial charge >= 0.3 is 5.97 Å². The second kappa shape index (κ2) is 5.66. The SMILES string of the molecule is C=CCN(CC(=O)O)c1nccc(C)c1C#N. The molecule has 0 spiro atoms. The summed E-state index contributed by atoms with van der Waals surface area (Å²) in [5, 5.41) is 17.9. The van der Waals surface area contributed by atoms with Crippen molar-refractivity contribution in [2.24, 2.45) is 0 Å². The molecule has 0 fully saturated rings. The van der Waals surface area contributed by atoms with Crippen molar-refractivity contribution in [2.45, 2.75) is 6.92 Å². The van der Waals surface area contributed by atoms with Crippen molar-refractivity contribution in [3.8, 4) is 6.07 Å². The maximum Gasteiger partial charge on any atom is 0.323 e. The van der Waals surface area contributed by atoms with Crippen molar-refractivity contribution in [2.75, 3.05) is 18.0 Å². The molecule has 88 valence electrons. The number of hydrogen-bond acceptors (Lipinski definition) is 4. The minimum absolute atomic E-state index is 0.211. The zero-order valence-electron chi connectivity index (χ0n) is 9.55. The highest BCUT2D eigenvalue weighted by molar-refractivity contribution is 5.74. The van der Waals surface area contributed by atoms with E-state index in [0.29, 0.717) is 17.9 Å². The summed E-state index contributed by atoms with van der Waals surface area (Å²) in [7, 11) is 0. The smallest absolute Gasteiger partial charge is 0.323 e. The van der Waals surface area contributed by atoms with Gasteiger partial charge in [0.15, 0.2) is 0 Å². The molecule has 5 nitrogen and oxygen atoms in total. The molecule has 0 unspecified atom stereocenters. The minimum atomic E-state index is -0.973. The number of carboxylic acids is 1. The molecule has 5 heteroatoms. The molecule has 0 aliphatic carbocycles. The second-order valence-corrected chi connectivity index (χ2v) is 3.50. The molecule has 1 N–H and O–H groups in total. The summed E-state index contributed by atoms with van der Waals surface area (Å²) < 4.78 is 0. The number of rotatable bonds is 5. The Morgan fingerprint density at radius 3 is 3.00 bits per heavy atom. The first-order chi connectivity index (χ1) is 8.10. The third-order valence-electron chi connectivity index (χ3n) is 2.23. The molecular formula is C12H13N3O2. The van der Waals surface area contributed by atoms with Crippen LogP contribution in [0.15, 0.2) is 24.9 Å². The lowest BCUT2D eigenvalue weighted by Crippen LogP contribution is -2.31. The quantitative estimate of drug-likeness (QED) is 0.774. The Morgan fingerprint density at radius 1 is 1.76 bits per heavy atom. The van der Waals surface area contributed by atoms with E-state index in [9.17, 15) is 4.79 Å². The number of carboxylic acid groups (broad SMARTS) is 1. The Balaban J connectivity index is 3.18. The number of hydrogen-bond donors (Lipinski definition) is 1. The fourth-order valence-electron chi connectivity index (χ4n) is 1.47. The van der Waals surface area contributed by atoms with Crippen LogP contribution in [0.4, 0.5) is 5.82 Å². The van der Waals surface area contributed by atoms with Crippen LogP contribution in [0, 0.1) is 18.3 Å². The molecule has 1 rings (SSSR count). The first-order valence-electron chi connectivity index (χ1n) is 5.03. The maximum absolute atomic E-state index is 10.8. The zero-order valence-corrected chi connectivity index (χ0v) is 9.55. The molecule has 0 radical (unpaired) electrons. The average Bonchev–Trinajstić information content (AvgIpc) is 2.27. The highest BCUT2D eigenvalue weighted by Gasteiger charge is 2.15. The molecule has 0 aliphatic rings. The highest BCUT2D eigenvalue weighted by atomic mass is 16.4. The summed E-state index contributed by atoms with van der Waals surface area (Å²) in [5.41, 5.74) is 1.17. The van der Waals surface area contributed by atoms with Crippen LogP contribution in [-0.4, -0.2) is 29.1 Å². The van der Waals surface area contributed by atoms with Crippen LogP contribution < -0.4 is 4.90 Å². The van der Waals surface area contributed by atoms with Crippen LogP contribution >= 0.6 is 0 Å². The predicted molar refractivity (Wildman–Crippen MR) is 63.7 cm³/mol. The molecule has 1 aromatic rings. The fourth-order valence-corrected chi connectivity index (χ4v) is 1.47. The van der Waals surface area contributed by atoms with E-state index in [-0.39, 0.29) is 6.54 Å². The van der Waals surface area contributed by atoms with Gasteiger partial charge in [0.25, 0.3) is 0 Å². The number of anilines is 1. The van der Waals surface area contributed by atoms with E-state index in [1.807, 2.05) is 6.07 Å². The Hall–Kier alpha value is -2.35. The van der Waals surface area contributed by atoms with E-state index >= 15 is 0 Å². The number of pyridine rings is 1. The maximum atomic E-state index is 10.8. The second-order valence-electron chi connectivity index (χ2n) is 3.50. The fraction of sp³-hybridized carbons (Fsp3) is 0.250. The number of carbonyl (C=O) groups is 1. The van der Waals surface area contributed by atoms with Gasteiger partial charge in [0.2, 0.25) is 0 Å². The molecule has 0 aliphatic heterocycles. The molecule has 0 saturated heterocycles. The van der Waals surface area contributed by atoms with Crippen LogP contribution in [-0.2, 0) is 4.79 Å². The Kier molecular flexibility index (Phi) is 4.23. The van der Waals surface area contributed by atoms with Crippen LogP contribution in [0.25, 0.3) is 0 Å². The van der Waals surface area contributed by atoms with Crippen molar-refractivity contribution >= 4 is 11.8 Å². The van der Waals surface area contributed by atoms with Gasteiger partial charge in [0, 0.05) is 12.7 Å². The first kappa shape index (κ1) is 12.7. The van der Waals surface area contributed by atoms with E-state index < -0.39 is 5.97 Å². The molecular weight excluding hydrogens is 218 g/mol. The molecule has 1 aromatic heterocycles. The van der Waals surface area contributed by atoms with Gasteiger partial charge in [-0.3, -0.25) is 4.79 Å². The summed E-state index contributed by atoms with van der Waals surface area (Å²) in [4.78, 5) is 16.3. The van der Waals surface area contributed by atoms with Crippen molar-refractivity contribution < 1.29 is 9.90 Å². The van der Waals surface area contributed by atoms with Crippen LogP contribution in [0.1, 0.15) is 11.1 Å². The number of aryl methyl sites for hydroxylation is 1. The van der Waals surface area contributed by atoms with E-state index in [2.05, 4.69) is 11.6 Å². The minimum Gasteiger partial charge on any atom is -0.480 e. The van der Waals surface area contributed by atoms with Crippen molar-refractivity contribution in [3.05, 3.63) is 36.0 Å². The van der Waals surface area contributed by atoms with Gasteiger partial charge in [-0.25, -0.2) is 4.98 Å². The van der Waals surface area contributed by atoms with Crippen LogP contribution in [0.3, 0.4) is 0 Å². The van der Waals surface area contributed by atoms with Gasteiger partial charge < -0.3 is 10.0 Å². The number of nitriles is 1. The Bertz CT molecular complexity index is 477. The van der Waals surface area contributed by atoms with E-state index in [1.165, 1.54) is 4.90 Å². The molecule has 0 bridgehead atoms. The van der Waals surface area contributed by atoms with Gasteiger partial charge in [-0.05, 0) is 18.6 Å². The largest absolute Gasteiger partial charge is 0.480 e. The van der Waals surface area contributed by atoms with Gasteiger partial charge in [-0.1, -0.05) is 6.08 Å². The van der Waals surface area contributed by atoms with Gasteiger partial charge in [0.1, 0.15) is 18.4 Å². The average molecular weight is 231 g/mol. The summed E-state index contributed by atoms with van der Waals surface area (Å²) >= 11 is 0. The van der Waals surface area contributed by atoms with Crippen LogP contribution in [0.2, 0.25) is 0 Å². The van der Waals surface area contributed by atoms with Crippen molar-refractivity contribution in [1.29, 1.82) is 5.26 Å².